The van der Waals surface area contributed by atoms with Crippen molar-refractivity contribution in [2.75, 3.05) is 23.3 Å². The van der Waals surface area contributed by atoms with Crippen molar-refractivity contribution in [1.82, 2.24) is 15.2 Å². The van der Waals surface area contributed by atoms with Crippen LogP contribution in [0, 0.1) is 12.8 Å². The molecule has 2 aliphatic rings. The Morgan fingerprint density at radius 1 is 1.24 bits per heavy atom. The Morgan fingerprint density at radius 2 is 2.12 bits per heavy atom. The van der Waals surface area contributed by atoms with Crippen LogP contribution in [0.4, 0.5) is 11.4 Å². The highest BCUT2D eigenvalue weighted by molar-refractivity contribution is 7.13. The average molecular weight is 464 g/mol. The zero-order chi connectivity index (χ0) is 22.8. The zero-order valence-electron chi connectivity index (χ0n) is 19.1. The summed E-state index contributed by atoms with van der Waals surface area (Å²) < 4.78 is 6.18. The van der Waals surface area contributed by atoms with Crippen LogP contribution in [0.3, 0.4) is 0 Å². The van der Waals surface area contributed by atoms with Crippen LogP contribution in [-0.2, 0) is 0 Å². The fourth-order valence-corrected chi connectivity index (χ4v) is 5.19. The maximum absolute atomic E-state index is 13.2. The number of piperidine rings is 1. The Bertz CT molecular complexity index is 1130. The maximum atomic E-state index is 13.2. The van der Waals surface area contributed by atoms with Gasteiger partial charge in [-0.2, -0.15) is 10.2 Å². The predicted octanol–water partition coefficient (Wildman–Crippen LogP) is 5.33. The summed E-state index contributed by atoms with van der Waals surface area (Å²) >= 11 is 1.43. The van der Waals surface area contributed by atoms with Crippen molar-refractivity contribution in [1.29, 1.82) is 0 Å². The van der Waals surface area contributed by atoms with Crippen LogP contribution >= 0.6 is 11.3 Å². The van der Waals surface area contributed by atoms with Crippen molar-refractivity contribution in [2.24, 2.45) is 5.92 Å². The summed E-state index contributed by atoms with van der Waals surface area (Å²) in [5, 5.41) is 13.4. The van der Waals surface area contributed by atoms with Gasteiger partial charge >= 0.3 is 0 Å². The maximum Gasteiger partial charge on any atom is 0.275 e. The molecule has 0 bridgehead atoms. The molecule has 2 aromatic heterocycles. The zero-order valence-corrected chi connectivity index (χ0v) is 19.9. The van der Waals surface area contributed by atoms with E-state index in [0.717, 1.165) is 65.6 Å². The molecule has 1 aliphatic heterocycles. The second kappa shape index (κ2) is 9.47. The number of nitrogens with zero attached hydrogens (tertiary/aromatic N) is 4. The minimum atomic E-state index is -0.208. The molecule has 5 rings (SSSR count). The first kappa shape index (κ1) is 21.8. The quantitative estimate of drug-likeness (QED) is 0.510. The molecular weight excluding hydrogens is 434 g/mol. The van der Waals surface area contributed by atoms with Gasteiger partial charge in [0.1, 0.15) is 16.5 Å². The summed E-state index contributed by atoms with van der Waals surface area (Å²) in [6.07, 6.45) is 9.44. The van der Waals surface area contributed by atoms with E-state index in [2.05, 4.69) is 39.2 Å². The van der Waals surface area contributed by atoms with E-state index in [9.17, 15) is 4.79 Å². The number of anilines is 2. The van der Waals surface area contributed by atoms with Crippen LogP contribution in [0.15, 0.2) is 36.0 Å². The molecule has 1 atom stereocenters. The predicted molar refractivity (Wildman–Crippen MR) is 131 cm³/mol. The van der Waals surface area contributed by atoms with Gasteiger partial charge in [0.25, 0.3) is 5.91 Å². The minimum Gasteiger partial charge on any atom is -0.490 e. The van der Waals surface area contributed by atoms with Crippen molar-refractivity contribution in [3.8, 4) is 16.3 Å². The van der Waals surface area contributed by atoms with E-state index in [0.29, 0.717) is 17.7 Å². The molecule has 1 saturated carbocycles. The molecule has 1 saturated heterocycles. The second-order valence-electron chi connectivity index (χ2n) is 8.89. The monoisotopic (exact) mass is 463 g/mol. The summed E-state index contributed by atoms with van der Waals surface area (Å²) in [5.74, 6) is 1.38. The molecule has 8 heteroatoms. The molecule has 33 heavy (non-hydrogen) atoms. The molecule has 3 heterocycles. The fraction of sp³-hybridized carbons (Fsp3) is 0.440. The molecule has 0 unspecified atom stereocenters. The van der Waals surface area contributed by atoms with Gasteiger partial charge in [-0.25, -0.2) is 4.98 Å². The van der Waals surface area contributed by atoms with E-state index < -0.39 is 0 Å². The Balaban J connectivity index is 1.42. The third-order valence-electron chi connectivity index (χ3n) is 6.43. The van der Waals surface area contributed by atoms with Gasteiger partial charge in [0.15, 0.2) is 0 Å². The van der Waals surface area contributed by atoms with Crippen molar-refractivity contribution in [3.05, 3.63) is 47.2 Å². The minimum absolute atomic E-state index is 0.208. The van der Waals surface area contributed by atoms with Crippen LogP contribution in [0.25, 0.3) is 10.6 Å². The molecule has 0 spiro atoms. The van der Waals surface area contributed by atoms with Crippen molar-refractivity contribution in [3.63, 3.8) is 0 Å². The Morgan fingerprint density at radius 3 is 2.88 bits per heavy atom. The van der Waals surface area contributed by atoms with Crippen LogP contribution in [-0.4, -0.2) is 40.3 Å². The lowest BCUT2D eigenvalue weighted by atomic mass is 9.94. The molecule has 1 aliphatic carbocycles. The summed E-state index contributed by atoms with van der Waals surface area (Å²) in [7, 11) is 0. The van der Waals surface area contributed by atoms with E-state index in [1.54, 1.807) is 17.8 Å². The number of carbonyl (C=O) groups excluding carboxylic acids is 1. The van der Waals surface area contributed by atoms with Gasteiger partial charge in [-0.3, -0.25) is 4.79 Å². The summed E-state index contributed by atoms with van der Waals surface area (Å²) in [6, 6.07) is 5.81. The van der Waals surface area contributed by atoms with Gasteiger partial charge in [-0.05, 0) is 56.7 Å². The second-order valence-corrected chi connectivity index (χ2v) is 9.75. The van der Waals surface area contributed by atoms with Crippen molar-refractivity contribution in [2.45, 2.75) is 52.1 Å². The largest absolute Gasteiger partial charge is 0.490 e. The van der Waals surface area contributed by atoms with Crippen molar-refractivity contribution >= 4 is 28.6 Å². The number of hydrogen-bond donors (Lipinski definition) is 1. The van der Waals surface area contributed by atoms with Gasteiger partial charge in [0.2, 0.25) is 0 Å². The van der Waals surface area contributed by atoms with Crippen LogP contribution in [0.1, 0.15) is 55.1 Å². The standard InChI is InChI=1S/C25H29N5O2S/c1-3-17-5-4-12-30(14-17)23-16(2)22(32-19-6-7-19)9-8-20(23)28-24(31)21-15-33-25(29-21)18-10-11-26-27-13-18/h8-11,13,15,17,19H,3-7,12,14H2,1-2H3,(H,28,31)/t17-/m1/s1. The van der Waals surface area contributed by atoms with E-state index in [4.69, 9.17) is 4.74 Å². The highest BCUT2D eigenvalue weighted by Crippen LogP contribution is 2.40. The van der Waals surface area contributed by atoms with Crippen molar-refractivity contribution < 1.29 is 9.53 Å². The lowest BCUT2D eigenvalue weighted by molar-refractivity contribution is 0.102. The molecule has 2 fully saturated rings. The third-order valence-corrected chi connectivity index (χ3v) is 7.32. The van der Waals surface area contributed by atoms with Crippen LogP contribution in [0.5, 0.6) is 5.75 Å². The lowest BCUT2D eigenvalue weighted by Gasteiger charge is -2.36. The summed E-state index contributed by atoms with van der Waals surface area (Å²) in [6.45, 7) is 6.36. The lowest BCUT2D eigenvalue weighted by Crippen LogP contribution is -2.36. The number of amides is 1. The molecule has 172 valence electrons. The van der Waals surface area contributed by atoms with E-state index in [1.807, 2.05) is 18.2 Å². The number of aromatic nitrogens is 3. The topological polar surface area (TPSA) is 80.2 Å². The number of benzene rings is 1. The van der Waals surface area contributed by atoms with Gasteiger partial charge in [-0.15, -0.1) is 11.3 Å². The Hall–Kier alpha value is -3.00. The molecule has 1 aromatic carbocycles. The van der Waals surface area contributed by atoms with Crippen LogP contribution < -0.4 is 15.0 Å². The first-order chi connectivity index (χ1) is 16.1. The van der Waals surface area contributed by atoms with Gasteiger partial charge < -0.3 is 15.0 Å². The van der Waals surface area contributed by atoms with E-state index in [1.165, 1.54) is 24.2 Å². The first-order valence-corrected chi connectivity index (χ1v) is 12.6. The number of nitrogens with one attached hydrogen (secondary N) is 1. The van der Waals surface area contributed by atoms with Crippen LogP contribution in [0.2, 0.25) is 0 Å². The normalized spacial score (nSPS) is 18.2. The molecule has 0 radical (unpaired) electrons. The fourth-order valence-electron chi connectivity index (χ4n) is 4.40. The molecule has 3 aromatic rings. The SMILES string of the molecule is CC[C@@H]1CCCN(c2c(NC(=O)c3csc(-c4ccnnc4)n3)ccc(OC3CC3)c2C)C1. The van der Waals surface area contributed by atoms with Gasteiger partial charge in [0.05, 0.1) is 29.9 Å². The smallest absolute Gasteiger partial charge is 0.275 e. The molecule has 7 nitrogen and oxygen atoms in total. The molecule has 1 amide bonds. The number of ether oxygens (including phenoxy) is 1. The number of rotatable bonds is 7. The third kappa shape index (κ3) is 4.85. The number of carbonyl (C=O) groups is 1. The summed E-state index contributed by atoms with van der Waals surface area (Å²) in [5.41, 5.74) is 4.24. The summed E-state index contributed by atoms with van der Waals surface area (Å²) in [4.78, 5) is 20.1. The number of hydrogen-bond acceptors (Lipinski definition) is 7. The first-order valence-electron chi connectivity index (χ1n) is 11.7. The average Bonchev–Trinajstić information content (AvgIpc) is 3.53. The highest BCUT2D eigenvalue weighted by atomic mass is 32.1. The van der Waals surface area contributed by atoms with Gasteiger partial charge in [-0.1, -0.05) is 13.3 Å². The van der Waals surface area contributed by atoms with E-state index in [-0.39, 0.29) is 5.91 Å². The van der Waals surface area contributed by atoms with Gasteiger partial charge in [0, 0.05) is 29.6 Å². The Labute approximate surface area is 198 Å². The highest BCUT2D eigenvalue weighted by Gasteiger charge is 2.28. The molecule has 1 N–H and O–H groups in total. The number of thiazole rings is 1. The Kier molecular flexibility index (Phi) is 6.26. The molecular formula is C25H29N5O2S. The van der Waals surface area contributed by atoms with E-state index >= 15 is 0 Å².